The Morgan fingerprint density at radius 3 is 2.20 bits per heavy atom. The number of nitrogens with one attached hydrogen (secondary N) is 1. The molecule has 0 amide bonds. The van der Waals surface area contributed by atoms with E-state index in [4.69, 9.17) is 10.8 Å². The van der Waals surface area contributed by atoms with Gasteiger partial charge in [0.05, 0.1) is 6.42 Å². The molecule has 7 N–H and O–H groups in total. The number of hydrogen-bond acceptors (Lipinski definition) is 1. The van der Waals surface area contributed by atoms with Crippen molar-refractivity contribution in [3.63, 3.8) is 0 Å². The lowest BCUT2D eigenvalue weighted by atomic mass is 10.0. The second kappa shape index (κ2) is 11.0. The molecule has 20 heavy (non-hydrogen) atoms. The van der Waals surface area contributed by atoms with Crippen LogP contribution in [-0.2, 0) is 4.79 Å². The van der Waals surface area contributed by atoms with Crippen molar-refractivity contribution >= 4 is 11.8 Å². The molecule has 0 aliphatic carbocycles. The fourth-order valence-corrected chi connectivity index (χ4v) is 1.56. The van der Waals surface area contributed by atoms with E-state index in [9.17, 15) is 18.0 Å². The fourth-order valence-electron chi connectivity index (χ4n) is 1.56. The average Bonchev–Trinajstić information content (AvgIpc) is 2.13. The van der Waals surface area contributed by atoms with E-state index in [1.54, 1.807) is 0 Å². The maximum Gasteiger partial charge on any atom is 0.393 e. The summed E-state index contributed by atoms with van der Waals surface area (Å²) in [5.74, 6) is -0.828. The summed E-state index contributed by atoms with van der Waals surface area (Å²) in [5.41, 5.74) is 8.72. The van der Waals surface area contributed by atoms with Crippen LogP contribution in [0.3, 0.4) is 0 Å². The fraction of sp³-hybridized carbons (Fsp3) is 0.800. The molecule has 10 heteroatoms. The third kappa shape index (κ3) is 13.7. The SMILES string of the molecule is CC(N)=[NH+]C(CCC[C@H]([NH3+])C(=O)O)CC(F)(F)F.[Cl-].[Cl-]. The second-order valence-electron chi connectivity index (χ2n) is 4.31. The Morgan fingerprint density at radius 2 is 1.85 bits per heavy atom. The highest BCUT2D eigenvalue weighted by molar-refractivity contribution is 5.71. The van der Waals surface area contributed by atoms with E-state index >= 15 is 0 Å². The molecule has 0 bridgehead atoms. The zero-order chi connectivity index (χ0) is 14.3. The predicted molar refractivity (Wildman–Crippen MR) is 58.5 cm³/mol. The van der Waals surface area contributed by atoms with Gasteiger partial charge < -0.3 is 35.7 Å². The smallest absolute Gasteiger partial charge is 0.393 e. The van der Waals surface area contributed by atoms with E-state index in [-0.39, 0.29) is 43.5 Å². The van der Waals surface area contributed by atoms with Gasteiger partial charge in [0.1, 0.15) is 6.04 Å². The number of amidine groups is 1. The minimum Gasteiger partial charge on any atom is -1.00 e. The van der Waals surface area contributed by atoms with Gasteiger partial charge in [-0.2, -0.15) is 13.2 Å². The van der Waals surface area contributed by atoms with Crippen LogP contribution in [0.5, 0.6) is 0 Å². The van der Waals surface area contributed by atoms with Crippen molar-refractivity contribution in [3.05, 3.63) is 0 Å². The third-order valence-corrected chi connectivity index (χ3v) is 2.36. The minimum absolute atomic E-state index is 0. The summed E-state index contributed by atoms with van der Waals surface area (Å²) in [5, 5.41) is 8.60. The van der Waals surface area contributed by atoms with Crippen LogP contribution in [-0.4, -0.2) is 35.2 Å². The van der Waals surface area contributed by atoms with Crippen molar-refractivity contribution in [1.29, 1.82) is 0 Å². The topological polar surface area (TPSA) is 105 Å². The number of rotatable bonds is 7. The number of alkyl halides is 3. The maximum atomic E-state index is 12.3. The van der Waals surface area contributed by atoms with Gasteiger partial charge in [0.25, 0.3) is 0 Å². The van der Waals surface area contributed by atoms with Crippen molar-refractivity contribution in [2.24, 2.45) is 5.73 Å². The van der Waals surface area contributed by atoms with E-state index in [0.29, 0.717) is 6.42 Å². The molecule has 122 valence electrons. The van der Waals surface area contributed by atoms with Crippen LogP contribution in [0.1, 0.15) is 32.6 Å². The molecule has 0 aromatic carbocycles. The summed E-state index contributed by atoms with van der Waals surface area (Å²) in [6.45, 7) is 1.48. The lowest BCUT2D eigenvalue weighted by molar-refractivity contribution is -0.514. The van der Waals surface area contributed by atoms with Crippen molar-refractivity contribution in [2.75, 3.05) is 0 Å². The summed E-state index contributed by atoms with van der Waals surface area (Å²) >= 11 is 0. The highest BCUT2D eigenvalue weighted by Crippen LogP contribution is 2.22. The van der Waals surface area contributed by atoms with Gasteiger partial charge in [0, 0.05) is 13.3 Å². The lowest BCUT2D eigenvalue weighted by Crippen LogP contribution is -3.00. The molecule has 5 nitrogen and oxygen atoms in total. The Hall–Kier alpha value is -0.730. The van der Waals surface area contributed by atoms with Crippen LogP contribution in [0.4, 0.5) is 13.2 Å². The number of hydrogen-bond donors (Lipinski definition) is 4. The van der Waals surface area contributed by atoms with Crippen LogP contribution >= 0.6 is 0 Å². The van der Waals surface area contributed by atoms with Crippen LogP contribution < -0.4 is 41.3 Å². The number of halogens is 5. The monoisotopic (exact) mass is 341 g/mol. The van der Waals surface area contributed by atoms with E-state index < -0.39 is 30.7 Å². The zero-order valence-corrected chi connectivity index (χ0v) is 12.5. The Balaban J connectivity index is -0.00000144. The molecule has 0 saturated heterocycles. The van der Waals surface area contributed by atoms with Crippen LogP contribution in [0.15, 0.2) is 0 Å². The second-order valence-corrected chi connectivity index (χ2v) is 4.31. The molecule has 1 unspecified atom stereocenters. The summed E-state index contributed by atoms with van der Waals surface area (Å²) < 4.78 is 36.8. The van der Waals surface area contributed by atoms with Gasteiger partial charge in [-0.3, -0.25) is 10.7 Å². The minimum atomic E-state index is -4.27. The molecule has 0 aromatic heterocycles. The first-order chi connectivity index (χ1) is 8.11. The third-order valence-electron chi connectivity index (χ3n) is 2.36. The molecule has 0 radical (unpaired) electrons. The normalized spacial score (nSPS) is 14.8. The summed E-state index contributed by atoms with van der Waals surface area (Å²) in [4.78, 5) is 13.0. The average molecular weight is 342 g/mol. The Morgan fingerprint density at radius 1 is 1.35 bits per heavy atom. The number of quaternary nitrogens is 1. The largest absolute Gasteiger partial charge is 1.00 e. The molecule has 0 saturated carbocycles. The standard InChI is InChI=1S/C10H18F3N3O2.2ClH/c1-6(14)16-7(5-10(11,12)13)3-2-4-8(15)9(17)18;;/h7-8H,2-5,15H2,1H3,(H2,14,16)(H,17,18);2*1H/t7?,8-;;/m0../s1. The molecule has 0 aliphatic heterocycles. The predicted octanol–water partition coefficient (Wildman–Crippen LogP) is -7.36. The highest BCUT2D eigenvalue weighted by Gasteiger charge is 2.33. The maximum absolute atomic E-state index is 12.3. The van der Waals surface area contributed by atoms with Crippen molar-refractivity contribution in [1.82, 2.24) is 0 Å². The van der Waals surface area contributed by atoms with Crippen LogP contribution in [0.25, 0.3) is 0 Å². The molecule has 0 rings (SSSR count). The molecule has 0 aliphatic rings. The summed E-state index contributed by atoms with van der Waals surface area (Å²) in [7, 11) is 0. The van der Waals surface area contributed by atoms with Gasteiger partial charge in [0.2, 0.25) is 5.84 Å². The lowest BCUT2D eigenvalue weighted by Gasteiger charge is -2.13. The van der Waals surface area contributed by atoms with Crippen molar-refractivity contribution < 1.29 is 58.6 Å². The highest BCUT2D eigenvalue weighted by atomic mass is 35.5. The first-order valence-corrected chi connectivity index (χ1v) is 5.60. The van der Waals surface area contributed by atoms with Gasteiger partial charge in [-0.05, 0) is 12.8 Å². The van der Waals surface area contributed by atoms with Crippen molar-refractivity contribution in [3.8, 4) is 0 Å². The number of aliphatic carboxylic acids is 1. The van der Waals surface area contributed by atoms with E-state index in [2.05, 4.69) is 10.7 Å². The van der Waals surface area contributed by atoms with E-state index in [0.717, 1.165) is 0 Å². The molecular formula is C10H20Cl2F3N3O2. The Labute approximate surface area is 127 Å². The number of carboxylic acids is 1. The Kier molecular flexibility index (Phi) is 13.3. The molecule has 0 spiro atoms. The first-order valence-electron chi connectivity index (χ1n) is 5.60. The van der Waals surface area contributed by atoms with Gasteiger partial charge in [-0.15, -0.1) is 0 Å². The summed E-state index contributed by atoms with van der Waals surface area (Å²) in [6.07, 6.45) is -4.47. The zero-order valence-electron chi connectivity index (χ0n) is 11.0. The van der Waals surface area contributed by atoms with E-state index in [1.165, 1.54) is 6.92 Å². The molecule has 2 atom stereocenters. The van der Waals surface area contributed by atoms with Gasteiger partial charge in [-0.1, -0.05) is 0 Å². The molecular weight excluding hydrogens is 322 g/mol. The molecule has 0 heterocycles. The van der Waals surface area contributed by atoms with Crippen molar-refractivity contribution in [2.45, 2.75) is 50.9 Å². The quantitative estimate of drug-likeness (QED) is 0.273. The van der Waals surface area contributed by atoms with Gasteiger partial charge >= 0.3 is 12.1 Å². The first kappa shape index (κ1) is 24.3. The number of carboxylic acid groups (broad SMARTS) is 1. The molecule has 0 aromatic rings. The Bertz CT molecular complexity index is 311. The van der Waals surface area contributed by atoms with Crippen LogP contribution in [0, 0.1) is 0 Å². The number of carbonyl (C=O) groups is 1. The summed E-state index contributed by atoms with van der Waals surface area (Å²) in [6, 6.07) is -1.62. The van der Waals surface area contributed by atoms with E-state index in [1.807, 2.05) is 0 Å². The van der Waals surface area contributed by atoms with Gasteiger partial charge in [-0.25, -0.2) is 4.79 Å². The van der Waals surface area contributed by atoms with Crippen LogP contribution in [0.2, 0.25) is 0 Å². The molecule has 0 fully saturated rings. The van der Waals surface area contributed by atoms with Gasteiger partial charge in [0.15, 0.2) is 6.04 Å². The number of nitrogens with two attached hydrogens (primary N) is 1.